The van der Waals surface area contributed by atoms with E-state index in [2.05, 4.69) is 5.32 Å². The van der Waals surface area contributed by atoms with E-state index in [0.29, 0.717) is 13.1 Å². The third-order valence-corrected chi connectivity index (χ3v) is 1.04. The second-order valence-corrected chi connectivity index (χ2v) is 1.79. The molecule has 0 aromatic heterocycles. The molecule has 0 spiro atoms. The lowest BCUT2D eigenvalue weighted by Crippen LogP contribution is -2.44. The summed E-state index contributed by atoms with van der Waals surface area (Å²) in [5.74, 6) is 1.43. The minimum atomic E-state index is -0.471. The first-order valence-electron chi connectivity index (χ1n) is 2.91. The SMILES string of the molecule is C#CC(=O)NC(CN)CN. The molecule has 0 saturated heterocycles. The maximum Gasteiger partial charge on any atom is 0.295 e. The lowest BCUT2D eigenvalue weighted by molar-refractivity contribution is -0.116. The van der Waals surface area contributed by atoms with E-state index in [1.807, 2.05) is 5.92 Å². The average Bonchev–Trinajstić information content (AvgIpc) is 1.99. The average molecular weight is 141 g/mol. The van der Waals surface area contributed by atoms with Gasteiger partial charge in [-0.25, -0.2) is 0 Å². The smallest absolute Gasteiger partial charge is 0.295 e. The first-order valence-corrected chi connectivity index (χ1v) is 2.91. The monoisotopic (exact) mass is 141 g/mol. The van der Waals surface area contributed by atoms with Crippen molar-refractivity contribution < 1.29 is 4.79 Å². The zero-order valence-electron chi connectivity index (χ0n) is 5.63. The van der Waals surface area contributed by atoms with Crippen molar-refractivity contribution in [3.05, 3.63) is 0 Å². The van der Waals surface area contributed by atoms with Crippen molar-refractivity contribution in [2.24, 2.45) is 11.5 Å². The first-order chi connectivity index (χ1) is 4.74. The molecule has 0 bridgehead atoms. The molecule has 0 unspecified atom stereocenters. The predicted molar refractivity (Wildman–Crippen MR) is 38.9 cm³/mol. The number of hydrogen-bond acceptors (Lipinski definition) is 3. The number of hydrogen-bond donors (Lipinski definition) is 3. The summed E-state index contributed by atoms with van der Waals surface area (Å²) in [6, 6.07) is -0.205. The number of amides is 1. The van der Waals surface area contributed by atoms with Crippen LogP contribution in [0.3, 0.4) is 0 Å². The molecule has 0 radical (unpaired) electrons. The second-order valence-electron chi connectivity index (χ2n) is 1.79. The van der Waals surface area contributed by atoms with Crippen LogP contribution in [0.15, 0.2) is 0 Å². The molecule has 0 aliphatic heterocycles. The van der Waals surface area contributed by atoms with Crippen molar-refractivity contribution in [1.29, 1.82) is 0 Å². The Morgan fingerprint density at radius 1 is 1.60 bits per heavy atom. The summed E-state index contributed by atoms with van der Waals surface area (Å²) < 4.78 is 0. The van der Waals surface area contributed by atoms with Gasteiger partial charge in [0.15, 0.2) is 0 Å². The van der Waals surface area contributed by atoms with Gasteiger partial charge >= 0.3 is 0 Å². The zero-order valence-corrected chi connectivity index (χ0v) is 5.63. The topological polar surface area (TPSA) is 81.1 Å². The highest BCUT2D eigenvalue weighted by Crippen LogP contribution is 1.73. The summed E-state index contributed by atoms with van der Waals surface area (Å²) in [6.07, 6.45) is 4.79. The summed E-state index contributed by atoms with van der Waals surface area (Å²) in [5, 5.41) is 2.44. The van der Waals surface area contributed by atoms with Crippen molar-refractivity contribution >= 4 is 5.91 Å². The van der Waals surface area contributed by atoms with Crippen LogP contribution in [0.2, 0.25) is 0 Å². The molecule has 0 aromatic rings. The van der Waals surface area contributed by atoms with Crippen molar-refractivity contribution in [2.45, 2.75) is 6.04 Å². The Balaban J connectivity index is 3.65. The normalized spacial score (nSPS) is 9.00. The molecule has 0 rings (SSSR count). The lowest BCUT2D eigenvalue weighted by Gasteiger charge is -2.10. The Morgan fingerprint density at radius 2 is 2.10 bits per heavy atom. The van der Waals surface area contributed by atoms with Crippen LogP contribution in [-0.2, 0) is 4.79 Å². The van der Waals surface area contributed by atoms with Crippen LogP contribution in [0.4, 0.5) is 0 Å². The largest absolute Gasteiger partial charge is 0.340 e. The summed E-state index contributed by atoms with van der Waals surface area (Å²) in [4.78, 5) is 10.5. The highest BCUT2D eigenvalue weighted by Gasteiger charge is 2.04. The van der Waals surface area contributed by atoms with Crippen LogP contribution >= 0.6 is 0 Å². The van der Waals surface area contributed by atoms with E-state index in [1.54, 1.807) is 0 Å². The number of rotatable bonds is 3. The maximum absolute atomic E-state index is 10.5. The molecular formula is C6H11N3O. The summed E-state index contributed by atoms with van der Waals surface area (Å²) in [5.41, 5.74) is 10.4. The van der Waals surface area contributed by atoms with E-state index in [0.717, 1.165) is 0 Å². The van der Waals surface area contributed by atoms with Gasteiger partial charge in [0.05, 0.1) is 6.04 Å². The van der Waals surface area contributed by atoms with Crippen LogP contribution < -0.4 is 16.8 Å². The van der Waals surface area contributed by atoms with Gasteiger partial charge in [-0.05, 0) is 5.92 Å². The fourth-order valence-electron chi connectivity index (χ4n) is 0.441. The summed E-state index contributed by atoms with van der Waals surface area (Å²) in [6.45, 7) is 0.619. The Kier molecular flexibility index (Phi) is 4.29. The Hall–Kier alpha value is -1.05. The Morgan fingerprint density at radius 3 is 2.40 bits per heavy atom. The number of carbonyl (C=O) groups is 1. The molecule has 0 aliphatic carbocycles. The number of nitrogens with one attached hydrogen (secondary N) is 1. The molecule has 5 N–H and O–H groups in total. The molecule has 0 heterocycles. The first kappa shape index (κ1) is 8.95. The van der Waals surface area contributed by atoms with E-state index in [-0.39, 0.29) is 6.04 Å². The lowest BCUT2D eigenvalue weighted by atomic mass is 10.3. The predicted octanol–water partition coefficient (Wildman–Crippen LogP) is -1.98. The van der Waals surface area contributed by atoms with Gasteiger partial charge in [0, 0.05) is 13.1 Å². The number of carbonyl (C=O) groups excluding carboxylic acids is 1. The fraction of sp³-hybridized carbons (Fsp3) is 0.500. The van der Waals surface area contributed by atoms with Gasteiger partial charge in [0.1, 0.15) is 0 Å². The molecule has 4 nitrogen and oxygen atoms in total. The molecule has 4 heteroatoms. The molecular weight excluding hydrogens is 130 g/mol. The van der Waals surface area contributed by atoms with Gasteiger partial charge in [-0.3, -0.25) is 4.79 Å². The third kappa shape index (κ3) is 3.07. The van der Waals surface area contributed by atoms with Gasteiger partial charge in [0.25, 0.3) is 5.91 Å². The third-order valence-electron chi connectivity index (χ3n) is 1.04. The van der Waals surface area contributed by atoms with Gasteiger partial charge in [0.2, 0.25) is 0 Å². The highest BCUT2D eigenvalue weighted by molar-refractivity contribution is 5.93. The van der Waals surface area contributed by atoms with Crippen molar-refractivity contribution in [1.82, 2.24) is 5.32 Å². The van der Waals surface area contributed by atoms with Crippen LogP contribution in [0.25, 0.3) is 0 Å². The Labute approximate surface area is 60.0 Å². The van der Waals surface area contributed by atoms with Crippen LogP contribution in [-0.4, -0.2) is 25.0 Å². The van der Waals surface area contributed by atoms with E-state index in [9.17, 15) is 4.79 Å². The minimum Gasteiger partial charge on any atom is -0.340 e. The molecule has 56 valence electrons. The minimum absolute atomic E-state index is 0.205. The van der Waals surface area contributed by atoms with E-state index >= 15 is 0 Å². The molecule has 0 aromatic carbocycles. The van der Waals surface area contributed by atoms with Crippen molar-refractivity contribution in [3.8, 4) is 12.3 Å². The number of nitrogens with two attached hydrogens (primary N) is 2. The quantitative estimate of drug-likeness (QED) is 0.398. The standard InChI is InChI=1S/C6H11N3O/c1-2-6(10)9-5(3-7)4-8/h1,5H,3-4,7-8H2,(H,9,10). The summed E-state index contributed by atoms with van der Waals surface area (Å²) in [7, 11) is 0. The van der Waals surface area contributed by atoms with E-state index in [1.165, 1.54) is 0 Å². The Bertz CT molecular complexity index is 146. The molecule has 0 fully saturated rings. The molecule has 10 heavy (non-hydrogen) atoms. The van der Waals surface area contributed by atoms with Crippen LogP contribution in [0, 0.1) is 12.3 Å². The second kappa shape index (κ2) is 4.79. The van der Waals surface area contributed by atoms with E-state index in [4.69, 9.17) is 17.9 Å². The van der Waals surface area contributed by atoms with Gasteiger partial charge in [-0.1, -0.05) is 0 Å². The van der Waals surface area contributed by atoms with Crippen molar-refractivity contribution in [2.75, 3.05) is 13.1 Å². The fourth-order valence-corrected chi connectivity index (χ4v) is 0.441. The van der Waals surface area contributed by atoms with E-state index < -0.39 is 5.91 Å². The van der Waals surface area contributed by atoms with Crippen molar-refractivity contribution in [3.63, 3.8) is 0 Å². The molecule has 1 amide bonds. The maximum atomic E-state index is 10.5. The van der Waals surface area contributed by atoms with Gasteiger partial charge in [-0.2, -0.15) is 0 Å². The molecule has 0 atom stereocenters. The van der Waals surface area contributed by atoms with Crippen LogP contribution in [0.5, 0.6) is 0 Å². The highest BCUT2D eigenvalue weighted by atomic mass is 16.1. The molecule has 0 saturated carbocycles. The molecule has 0 aliphatic rings. The number of terminal acetylenes is 1. The zero-order chi connectivity index (χ0) is 7.98. The van der Waals surface area contributed by atoms with Crippen LogP contribution in [0.1, 0.15) is 0 Å². The summed E-state index contributed by atoms with van der Waals surface area (Å²) >= 11 is 0. The van der Waals surface area contributed by atoms with Gasteiger partial charge in [-0.15, -0.1) is 6.42 Å². The van der Waals surface area contributed by atoms with Gasteiger partial charge < -0.3 is 16.8 Å².